The van der Waals surface area contributed by atoms with Crippen molar-refractivity contribution in [2.45, 2.75) is 33.3 Å². The topological polar surface area (TPSA) is 48.9 Å². The molecule has 1 aromatic heterocycles. The van der Waals surface area contributed by atoms with Crippen LogP contribution in [0, 0.1) is 13.8 Å². The number of aromatic nitrogens is 2. The first-order valence-electron chi connectivity index (χ1n) is 5.74. The van der Waals surface area contributed by atoms with Crippen molar-refractivity contribution < 1.29 is 5.11 Å². The van der Waals surface area contributed by atoms with E-state index in [9.17, 15) is 5.11 Å². The lowest BCUT2D eigenvalue weighted by Gasteiger charge is -2.12. The van der Waals surface area contributed by atoms with Gasteiger partial charge in [0.05, 0.1) is 5.69 Å². The quantitative estimate of drug-likeness (QED) is 0.833. The molecule has 1 aromatic carbocycles. The van der Waals surface area contributed by atoms with Gasteiger partial charge in [-0.1, -0.05) is 23.8 Å². The van der Waals surface area contributed by atoms with E-state index in [1.165, 1.54) is 5.56 Å². The molecule has 2 aromatic rings. The minimum absolute atomic E-state index is 0.603. The molecular formula is C14H18N2O. The summed E-state index contributed by atoms with van der Waals surface area (Å²) in [6.45, 7) is 7.48. The summed E-state index contributed by atoms with van der Waals surface area (Å²) in [6.07, 6.45) is 0. The summed E-state index contributed by atoms with van der Waals surface area (Å²) in [7, 11) is 0. The highest BCUT2D eigenvalue weighted by Crippen LogP contribution is 2.25. The maximum Gasteiger partial charge on any atom is 0.138 e. The van der Waals surface area contributed by atoms with E-state index in [2.05, 4.69) is 29.0 Å². The molecule has 90 valence electrons. The lowest BCUT2D eigenvalue weighted by atomic mass is 10.1. The number of imidazole rings is 1. The summed E-state index contributed by atoms with van der Waals surface area (Å²) in [5.41, 5.74) is 3.23. The van der Waals surface area contributed by atoms with E-state index >= 15 is 0 Å². The zero-order chi connectivity index (χ0) is 12.6. The number of aliphatic hydroxyl groups is 1. The number of aromatic amines is 1. The Morgan fingerprint density at radius 2 is 1.94 bits per heavy atom. The second kappa shape index (κ2) is 4.00. The minimum Gasteiger partial charge on any atom is -0.383 e. The normalized spacial score (nSPS) is 11.8. The molecular weight excluding hydrogens is 212 g/mol. The van der Waals surface area contributed by atoms with Crippen molar-refractivity contribution in [1.82, 2.24) is 9.97 Å². The molecule has 2 rings (SSSR count). The number of nitrogens with zero attached hydrogens (tertiary/aromatic N) is 1. The molecule has 0 saturated carbocycles. The number of H-pyrrole nitrogens is 1. The van der Waals surface area contributed by atoms with Crippen LogP contribution in [0.4, 0.5) is 0 Å². The Bertz CT molecular complexity index is 535. The van der Waals surface area contributed by atoms with Gasteiger partial charge < -0.3 is 10.1 Å². The first kappa shape index (κ1) is 11.9. The van der Waals surface area contributed by atoms with Crippen molar-refractivity contribution in [1.29, 1.82) is 0 Å². The van der Waals surface area contributed by atoms with Crippen LogP contribution in [-0.4, -0.2) is 15.1 Å². The highest BCUT2D eigenvalue weighted by atomic mass is 16.3. The van der Waals surface area contributed by atoms with Crippen LogP contribution in [0.15, 0.2) is 24.3 Å². The third-order valence-corrected chi connectivity index (χ3v) is 2.76. The minimum atomic E-state index is -0.938. The van der Waals surface area contributed by atoms with Crippen LogP contribution in [0.2, 0.25) is 0 Å². The van der Waals surface area contributed by atoms with Gasteiger partial charge in [0, 0.05) is 11.3 Å². The summed E-state index contributed by atoms with van der Waals surface area (Å²) in [4.78, 5) is 7.63. The predicted octanol–water partition coefficient (Wildman–Crippen LogP) is 2.92. The van der Waals surface area contributed by atoms with Gasteiger partial charge in [0.1, 0.15) is 11.4 Å². The van der Waals surface area contributed by atoms with Gasteiger partial charge in [0.2, 0.25) is 0 Å². The van der Waals surface area contributed by atoms with E-state index in [-0.39, 0.29) is 0 Å². The molecule has 0 unspecified atom stereocenters. The van der Waals surface area contributed by atoms with Gasteiger partial charge >= 0.3 is 0 Å². The van der Waals surface area contributed by atoms with E-state index in [0.717, 1.165) is 17.0 Å². The molecule has 0 radical (unpaired) electrons. The van der Waals surface area contributed by atoms with Crippen LogP contribution in [0.1, 0.15) is 30.9 Å². The van der Waals surface area contributed by atoms with Gasteiger partial charge in [-0.15, -0.1) is 0 Å². The zero-order valence-electron chi connectivity index (χ0n) is 10.7. The van der Waals surface area contributed by atoms with E-state index in [4.69, 9.17) is 0 Å². The molecule has 0 bridgehead atoms. The highest BCUT2D eigenvalue weighted by Gasteiger charge is 2.21. The molecule has 2 N–H and O–H groups in total. The average molecular weight is 230 g/mol. The standard InChI is InChI=1S/C14H18N2O/c1-9-6-5-7-11(8-9)12-10(2)15-13(16-12)14(3,4)17/h5-8,17H,1-4H3,(H,15,16). The molecule has 0 fully saturated rings. The molecule has 17 heavy (non-hydrogen) atoms. The van der Waals surface area contributed by atoms with Crippen LogP contribution >= 0.6 is 0 Å². The smallest absolute Gasteiger partial charge is 0.138 e. The maximum absolute atomic E-state index is 9.93. The Morgan fingerprint density at radius 1 is 1.24 bits per heavy atom. The summed E-state index contributed by atoms with van der Waals surface area (Å²) >= 11 is 0. The van der Waals surface area contributed by atoms with Crippen LogP contribution in [-0.2, 0) is 5.60 Å². The van der Waals surface area contributed by atoms with E-state index < -0.39 is 5.60 Å². The summed E-state index contributed by atoms with van der Waals surface area (Å²) in [6, 6.07) is 8.20. The molecule has 0 aliphatic rings. The van der Waals surface area contributed by atoms with Crippen LogP contribution in [0.25, 0.3) is 11.3 Å². The molecule has 3 nitrogen and oxygen atoms in total. The molecule has 0 atom stereocenters. The lowest BCUT2D eigenvalue weighted by Crippen LogP contribution is -2.17. The SMILES string of the molecule is Cc1cccc(-c2nc(C(C)(C)O)[nH]c2C)c1. The lowest BCUT2D eigenvalue weighted by molar-refractivity contribution is 0.0696. The Hall–Kier alpha value is -1.61. The highest BCUT2D eigenvalue weighted by molar-refractivity contribution is 5.62. The Balaban J connectivity index is 2.50. The third-order valence-electron chi connectivity index (χ3n) is 2.76. The van der Waals surface area contributed by atoms with Crippen molar-refractivity contribution >= 4 is 0 Å². The Kier molecular flexibility index (Phi) is 2.79. The monoisotopic (exact) mass is 230 g/mol. The summed E-state index contributed by atoms with van der Waals surface area (Å²) in [5, 5.41) is 9.93. The van der Waals surface area contributed by atoms with Gasteiger partial charge in [-0.05, 0) is 33.8 Å². The van der Waals surface area contributed by atoms with Crippen molar-refractivity contribution in [3.63, 3.8) is 0 Å². The summed E-state index contributed by atoms with van der Waals surface area (Å²) < 4.78 is 0. The molecule has 0 aliphatic heterocycles. The van der Waals surface area contributed by atoms with Crippen molar-refractivity contribution in [2.75, 3.05) is 0 Å². The van der Waals surface area contributed by atoms with Gasteiger partial charge in [0.15, 0.2) is 0 Å². The van der Waals surface area contributed by atoms with Gasteiger partial charge in [-0.3, -0.25) is 0 Å². The second-order valence-electron chi connectivity index (χ2n) is 4.99. The van der Waals surface area contributed by atoms with E-state index in [1.54, 1.807) is 13.8 Å². The second-order valence-corrected chi connectivity index (χ2v) is 4.99. The molecule has 0 saturated heterocycles. The Morgan fingerprint density at radius 3 is 2.47 bits per heavy atom. The molecule has 0 aliphatic carbocycles. The summed E-state index contributed by atoms with van der Waals surface area (Å²) in [5.74, 6) is 0.603. The molecule has 3 heteroatoms. The van der Waals surface area contributed by atoms with Crippen LogP contribution < -0.4 is 0 Å². The number of hydrogen-bond acceptors (Lipinski definition) is 2. The maximum atomic E-state index is 9.93. The van der Waals surface area contributed by atoms with Crippen molar-refractivity contribution in [2.24, 2.45) is 0 Å². The first-order valence-corrected chi connectivity index (χ1v) is 5.74. The number of aryl methyl sites for hydroxylation is 2. The van der Waals surface area contributed by atoms with Crippen molar-refractivity contribution in [3.8, 4) is 11.3 Å². The van der Waals surface area contributed by atoms with Crippen LogP contribution in [0.3, 0.4) is 0 Å². The number of benzene rings is 1. The average Bonchev–Trinajstić information content (AvgIpc) is 2.60. The third kappa shape index (κ3) is 2.39. The first-order chi connectivity index (χ1) is 7.88. The van der Waals surface area contributed by atoms with E-state index in [1.807, 2.05) is 19.1 Å². The van der Waals surface area contributed by atoms with Crippen LogP contribution in [0.5, 0.6) is 0 Å². The van der Waals surface area contributed by atoms with Gasteiger partial charge in [-0.25, -0.2) is 4.98 Å². The Labute approximate surface area is 102 Å². The van der Waals surface area contributed by atoms with Gasteiger partial charge in [0.25, 0.3) is 0 Å². The van der Waals surface area contributed by atoms with E-state index in [0.29, 0.717) is 5.82 Å². The number of rotatable bonds is 2. The number of hydrogen-bond donors (Lipinski definition) is 2. The molecule has 0 amide bonds. The fourth-order valence-electron chi connectivity index (χ4n) is 1.82. The fraction of sp³-hybridized carbons (Fsp3) is 0.357. The largest absolute Gasteiger partial charge is 0.383 e. The fourth-order valence-corrected chi connectivity index (χ4v) is 1.82. The van der Waals surface area contributed by atoms with Gasteiger partial charge in [-0.2, -0.15) is 0 Å². The zero-order valence-corrected chi connectivity index (χ0v) is 10.7. The number of nitrogens with one attached hydrogen (secondary N) is 1. The molecule has 0 spiro atoms. The predicted molar refractivity (Wildman–Crippen MR) is 68.7 cm³/mol. The van der Waals surface area contributed by atoms with Crippen molar-refractivity contribution in [3.05, 3.63) is 41.3 Å². The molecule has 1 heterocycles.